The largest absolute Gasteiger partial charge is 0.484 e. The average Bonchev–Trinajstić information content (AvgIpc) is 3.16. The van der Waals surface area contributed by atoms with Crippen LogP contribution in [0, 0.1) is 6.92 Å². The second-order valence-electron chi connectivity index (χ2n) is 6.35. The molecule has 3 rings (SSSR count). The van der Waals surface area contributed by atoms with E-state index in [2.05, 4.69) is 0 Å². The highest BCUT2D eigenvalue weighted by Crippen LogP contribution is 2.24. The van der Waals surface area contributed by atoms with Gasteiger partial charge in [-0.1, -0.05) is 11.6 Å². The average molecular weight is 414 g/mol. The Morgan fingerprint density at radius 1 is 1.31 bits per heavy atom. The van der Waals surface area contributed by atoms with Gasteiger partial charge in [-0.25, -0.2) is 8.42 Å². The molecule has 1 atom stereocenters. The Hall–Kier alpha value is -1.57. The van der Waals surface area contributed by atoms with Crippen molar-refractivity contribution in [2.24, 2.45) is 0 Å². The number of halogens is 1. The molecule has 1 aliphatic heterocycles. The van der Waals surface area contributed by atoms with Crippen molar-refractivity contribution in [1.29, 1.82) is 0 Å². The first kappa shape index (κ1) is 19.2. The summed E-state index contributed by atoms with van der Waals surface area (Å²) >= 11 is 7.42. The number of ether oxygens (including phenoxy) is 1. The van der Waals surface area contributed by atoms with E-state index in [1.54, 1.807) is 40.5 Å². The number of thiophene rings is 1. The van der Waals surface area contributed by atoms with E-state index in [4.69, 9.17) is 16.3 Å². The summed E-state index contributed by atoms with van der Waals surface area (Å²) in [5.74, 6) is 0.483. The topological polar surface area (TPSA) is 63.7 Å². The zero-order valence-electron chi connectivity index (χ0n) is 14.4. The molecule has 1 aromatic carbocycles. The molecule has 1 aromatic heterocycles. The van der Waals surface area contributed by atoms with E-state index in [1.807, 2.05) is 18.4 Å². The maximum Gasteiger partial charge on any atom is 0.261 e. The lowest BCUT2D eigenvalue weighted by molar-refractivity contribution is -0.135. The zero-order chi connectivity index (χ0) is 18.7. The first-order valence-corrected chi connectivity index (χ1v) is 11.3. The summed E-state index contributed by atoms with van der Waals surface area (Å²) in [6, 6.07) is 8.48. The lowest BCUT2D eigenvalue weighted by Crippen LogP contribution is -2.43. The predicted octanol–water partition coefficient (Wildman–Crippen LogP) is 3.30. The minimum absolute atomic E-state index is 0.0180. The molecule has 0 saturated carbocycles. The standard InChI is InChI=1S/C18H20ClNO4S2/c1-13-6-8-25-17(13)10-20(15-7-9-26(22,23)12-15)18(21)11-24-16-4-2-14(19)3-5-16/h2-6,8,15H,7,9-12H2,1H3. The Bertz CT molecular complexity index is 877. The van der Waals surface area contributed by atoms with Crippen molar-refractivity contribution in [2.45, 2.75) is 25.9 Å². The summed E-state index contributed by atoms with van der Waals surface area (Å²) in [6.45, 7) is 2.26. The van der Waals surface area contributed by atoms with Crippen LogP contribution in [0.15, 0.2) is 35.7 Å². The second kappa shape index (κ2) is 7.98. The highest BCUT2D eigenvalue weighted by Gasteiger charge is 2.35. The SMILES string of the molecule is Cc1ccsc1CN(C(=O)COc1ccc(Cl)cc1)C1CCS(=O)(=O)C1. The molecule has 0 spiro atoms. The Morgan fingerprint density at radius 3 is 2.62 bits per heavy atom. The van der Waals surface area contributed by atoms with Gasteiger partial charge in [-0.15, -0.1) is 11.3 Å². The Kier molecular flexibility index (Phi) is 5.89. The molecule has 1 saturated heterocycles. The van der Waals surface area contributed by atoms with Crippen molar-refractivity contribution < 1.29 is 17.9 Å². The van der Waals surface area contributed by atoms with Gasteiger partial charge in [-0.2, -0.15) is 0 Å². The summed E-state index contributed by atoms with van der Waals surface area (Å²) in [4.78, 5) is 15.5. The molecule has 0 N–H and O–H groups in total. The fraction of sp³-hybridized carbons (Fsp3) is 0.389. The second-order valence-corrected chi connectivity index (χ2v) is 10.0. The molecule has 26 heavy (non-hydrogen) atoms. The number of carbonyl (C=O) groups excluding carboxylic acids is 1. The van der Waals surface area contributed by atoms with Crippen LogP contribution in [0.25, 0.3) is 0 Å². The molecule has 1 unspecified atom stereocenters. The molecule has 1 aliphatic rings. The lowest BCUT2D eigenvalue weighted by Gasteiger charge is -2.28. The minimum Gasteiger partial charge on any atom is -0.484 e. The summed E-state index contributed by atoms with van der Waals surface area (Å²) in [5.41, 5.74) is 1.10. The van der Waals surface area contributed by atoms with Crippen LogP contribution in [0.3, 0.4) is 0 Å². The van der Waals surface area contributed by atoms with Gasteiger partial charge in [0.1, 0.15) is 5.75 Å². The quantitative estimate of drug-likeness (QED) is 0.728. The van der Waals surface area contributed by atoms with Crippen molar-refractivity contribution >= 4 is 38.7 Å². The van der Waals surface area contributed by atoms with Crippen LogP contribution in [0.5, 0.6) is 5.75 Å². The number of hydrogen-bond acceptors (Lipinski definition) is 5. The molecule has 0 bridgehead atoms. The number of hydrogen-bond donors (Lipinski definition) is 0. The number of carbonyl (C=O) groups is 1. The molecule has 1 fully saturated rings. The van der Waals surface area contributed by atoms with Crippen LogP contribution in [0.2, 0.25) is 5.02 Å². The van der Waals surface area contributed by atoms with E-state index in [-0.39, 0.29) is 30.1 Å². The normalized spacial score (nSPS) is 18.6. The monoisotopic (exact) mass is 413 g/mol. The number of benzene rings is 1. The summed E-state index contributed by atoms with van der Waals surface area (Å²) in [5, 5.41) is 2.57. The van der Waals surface area contributed by atoms with E-state index in [0.717, 1.165) is 10.4 Å². The molecule has 2 aromatic rings. The number of aryl methyl sites for hydroxylation is 1. The van der Waals surface area contributed by atoms with Gasteiger partial charge >= 0.3 is 0 Å². The van der Waals surface area contributed by atoms with Crippen LogP contribution in [0.1, 0.15) is 16.9 Å². The molecule has 1 amide bonds. The summed E-state index contributed by atoms with van der Waals surface area (Å²) < 4.78 is 29.3. The molecule has 8 heteroatoms. The third-order valence-corrected chi connectivity index (χ3v) is 7.44. The Labute approximate surface area is 162 Å². The first-order chi connectivity index (χ1) is 12.3. The molecular weight excluding hydrogens is 394 g/mol. The van der Waals surface area contributed by atoms with Gasteiger partial charge in [0, 0.05) is 15.9 Å². The van der Waals surface area contributed by atoms with Gasteiger partial charge in [-0.3, -0.25) is 4.79 Å². The van der Waals surface area contributed by atoms with Gasteiger partial charge in [0.25, 0.3) is 5.91 Å². The van der Waals surface area contributed by atoms with Crippen molar-refractivity contribution in [3.63, 3.8) is 0 Å². The first-order valence-electron chi connectivity index (χ1n) is 8.25. The van der Waals surface area contributed by atoms with Crippen LogP contribution >= 0.6 is 22.9 Å². The van der Waals surface area contributed by atoms with E-state index in [9.17, 15) is 13.2 Å². The maximum atomic E-state index is 12.8. The predicted molar refractivity (Wildman–Crippen MR) is 104 cm³/mol. The van der Waals surface area contributed by atoms with Crippen molar-refractivity contribution in [3.05, 3.63) is 51.2 Å². The number of sulfone groups is 1. The van der Waals surface area contributed by atoms with Crippen molar-refractivity contribution in [3.8, 4) is 5.75 Å². The van der Waals surface area contributed by atoms with E-state index in [1.165, 1.54) is 0 Å². The van der Waals surface area contributed by atoms with Crippen LogP contribution in [-0.2, 0) is 21.2 Å². The number of amides is 1. The summed E-state index contributed by atoms with van der Waals surface area (Å²) in [7, 11) is -3.08. The molecular formula is C18H20ClNO4S2. The summed E-state index contributed by atoms with van der Waals surface area (Å²) in [6.07, 6.45) is 0.472. The Balaban J connectivity index is 1.72. The minimum atomic E-state index is -3.08. The maximum absolute atomic E-state index is 12.8. The van der Waals surface area contributed by atoms with Gasteiger partial charge in [0.2, 0.25) is 0 Å². The highest BCUT2D eigenvalue weighted by molar-refractivity contribution is 7.91. The van der Waals surface area contributed by atoms with Gasteiger partial charge < -0.3 is 9.64 Å². The Morgan fingerprint density at radius 2 is 2.04 bits per heavy atom. The molecule has 140 valence electrons. The van der Waals surface area contributed by atoms with Gasteiger partial charge in [0.05, 0.1) is 18.1 Å². The number of nitrogens with zero attached hydrogens (tertiary/aromatic N) is 1. The fourth-order valence-corrected chi connectivity index (χ4v) is 5.68. The van der Waals surface area contributed by atoms with Crippen molar-refractivity contribution in [2.75, 3.05) is 18.1 Å². The van der Waals surface area contributed by atoms with Crippen molar-refractivity contribution in [1.82, 2.24) is 4.90 Å². The fourth-order valence-electron chi connectivity index (χ4n) is 2.92. The van der Waals surface area contributed by atoms with E-state index >= 15 is 0 Å². The van der Waals surface area contributed by atoms with Crippen LogP contribution < -0.4 is 4.74 Å². The number of rotatable bonds is 6. The highest BCUT2D eigenvalue weighted by atomic mass is 35.5. The van der Waals surface area contributed by atoms with Gasteiger partial charge in [0.15, 0.2) is 16.4 Å². The molecule has 0 radical (unpaired) electrons. The van der Waals surface area contributed by atoms with E-state index < -0.39 is 9.84 Å². The van der Waals surface area contributed by atoms with Crippen LogP contribution in [0.4, 0.5) is 0 Å². The zero-order valence-corrected chi connectivity index (χ0v) is 16.7. The smallest absolute Gasteiger partial charge is 0.261 e. The van der Waals surface area contributed by atoms with E-state index in [0.29, 0.717) is 23.7 Å². The third kappa shape index (κ3) is 4.78. The molecule has 2 heterocycles. The van der Waals surface area contributed by atoms with Gasteiger partial charge in [-0.05, 0) is 54.6 Å². The molecule has 5 nitrogen and oxygen atoms in total. The van der Waals surface area contributed by atoms with Crippen LogP contribution in [-0.4, -0.2) is 43.4 Å². The lowest BCUT2D eigenvalue weighted by atomic mass is 10.2. The third-order valence-electron chi connectivity index (χ3n) is 4.43. The molecule has 0 aliphatic carbocycles.